The van der Waals surface area contributed by atoms with Crippen LogP contribution in [-0.2, 0) is 13.0 Å². The molecule has 2 heteroatoms. The second-order valence-corrected chi connectivity index (χ2v) is 4.22. The minimum Gasteiger partial charge on any atom is -0.302 e. The predicted octanol–water partition coefficient (Wildman–Crippen LogP) is 4.49. The van der Waals surface area contributed by atoms with Crippen LogP contribution in [0, 0.1) is 0 Å². The first-order valence-electron chi connectivity index (χ1n) is 6.22. The van der Waals surface area contributed by atoms with Crippen molar-refractivity contribution in [3.63, 3.8) is 0 Å². The molecule has 2 rings (SSSR count). The molecule has 1 aliphatic rings. The summed E-state index contributed by atoms with van der Waals surface area (Å²) < 4.78 is 1.26. The summed E-state index contributed by atoms with van der Waals surface area (Å²) in [5.74, 6) is 0. The van der Waals surface area contributed by atoms with Gasteiger partial charge in [-0.25, -0.2) is 0 Å². The normalized spacial score (nSPS) is 13.9. The van der Waals surface area contributed by atoms with Gasteiger partial charge in [0.15, 0.2) is 0 Å². The first-order chi connectivity index (χ1) is 7.77. The van der Waals surface area contributed by atoms with E-state index in [4.69, 9.17) is 0 Å². The summed E-state index contributed by atoms with van der Waals surface area (Å²) >= 11 is 3.58. The van der Waals surface area contributed by atoms with Crippen LogP contribution < -0.4 is 0 Å². The Morgan fingerprint density at radius 2 is 1.75 bits per heavy atom. The Balaban J connectivity index is 0.000000509. The lowest BCUT2D eigenvalue weighted by molar-refractivity contribution is 0.312. The topological polar surface area (TPSA) is 3.24 Å². The van der Waals surface area contributed by atoms with E-state index < -0.39 is 0 Å². The molecule has 0 saturated heterocycles. The number of hydrogen-bond donors (Lipinski definition) is 0. The Hall–Kier alpha value is -0.340. The average molecular weight is 286 g/mol. The van der Waals surface area contributed by atoms with Gasteiger partial charge < -0.3 is 4.90 Å². The zero-order valence-corrected chi connectivity index (χ0v) is 12.8. The van der Waals surface area contributed by atoms with Crippen molar-refractivity contribution in [1.29, 1.82) is 0 Å². The molecule has 1 heterocycles. The fourth-order valence-corrected chi connectivity index (χ4v) is 2.21. The van der Waals surface area contributed by atoms with Gasteiger partial charge in [0.05, 0.1) is 0 Å². The summed E-state index contributed by atoms with van der Waals surface area (Å²) in [5.41, 5.74) is 2.97. The summed E-state index contributed by atoms with van der Waals surface area (Å²) in [5, 5.41) is 0. The van der Waals surface area contributed by atoms with E-state index in [9.17, 15) is 0 Å². The van der Waals surface area contributed by atoms with Gasteiger partial charge in [-0.2, -0.15) is 0 Å². The molecule has 0 N–H and O–H groups in total. The van der Waals surface area contributed by atoms with E-state index in [0.29, 0.717) is 0 Å². The second kappa shape index (κ2) is 8.77. The molecule has 1 aliphatic heterocycles. The van der Waals surface area contributed by atoms with Gasteiger partial charge in [0.25, 0.3) is 0 Å². The maximum absolute atomic E-state index is 3.58. The lowest BCUT2D eigenvalue weighted by Crippen LogP contribution is -2.26. The summed E-state index contributed by atoms with van der Waals surface area (Å²) in [7, 11) is 2.17. The molecule has 0 bridgehead atoms. The molecular weight excluding hydrogens is 262 g/mol. The molecule has 92 valence electrons. The molecule has 0 radical (unpaired) electrons. The Kier molecular flexibility index (Phi) is 8.58. The third kappa shape index (κ3) is 4.26. The molecule has 0 fully saturated rings. The van der Waals surface area contributed by atoms with Gasteiger partial charge in [-0.3, -0.25) is 0 Å². The standard InChI is InChI=1S/C10H12BrN.2C2H6/c1-12-6-5-8-3-2-4-10(11)9(8)7-12;2*1-2/h2-4H,5-7H2,1H3;2*1-2H3. The van der Waals surface area contributed by atoms with E-state index >= 15 is 0 Å². The fourth-order valence-electron chi connectivity index (χ4n) is 1.67. The van der Waals surface area contributed by atoms with Crippen LogP contribution in [-0.4, -0.2) is 18.5 Å². The summed E-state index contributed by atoms with van der Waals surface area (Å²) in [6.07, 6.45) is 1.19. The second-order valence-electron chi connectivity index (χ2n) is 3.37. The van der Waals surface area contributed by atoms with Crippen molar-refractivity contribution >= 4 is 15.9 Å². The van der Waals surface area contributed by atoms with Gasteiger partial charge in [-0.1, -0.05) is 55.8 Å². The van der Waals surface area contributed by atoms with Gasteiger partial charge in [-0.15, -0.1) is 0 Å². The molecule has 0 atom stereocenters. The summed E-state index contributed by atoms with van der Waals surface area (Å²) in [4.78, 5) is 2.35. The van der Waals surface area contributed by atoms with Crippen molar-refractivity contribution in [2.24, 2.45) is 0 Å². The number of hydrogen-bond acceptors (Lipinski definition) is 1. The first-order valence-corrected chi connectivity index (χ1v) is 7.01. The Bertz CT molecular complexity index is 297. The number of halogens is 1. The third-order valence-corrected chi connectivity index (χ3v) is 3.15. The number of fused-ring (bicyclic) bond motifs is 1. The number of likely N-dealkylation sites (N-methyl/N-ethyl adjacent to an activating group) is 1. The van der Waals surface area contributed by atoms with Crippen molar-refractivity contribution in [3.05, 3.63) is 33.8 Å². The molecule has 0 aromatic heterocycles. The van der Waals surface area contributed by atoms with Crippen LogP contribution in [0.15, 0.2) is 22.7 Å². The average Bonchev–Trinajstić information content (AvgIpc) is 2.35. The van der Waals surface area contributed by atoms with Gasteiger partial charge in [-0.05, 0) is 30.7 Å². The lowest BCUT2D eigenvalue weighted by Gasteiger charge is -2.25. The van der Waals surface area contributed by atoms with Crippen LogP contribution in [0.25, 0.3) is 0 Å². The maximum Gasteiger partial charge on any atom is 0.0244 e. The van der Waals surface area contributed by atoms with Crippen LogP contribution in [0.2, 0.25) is 0 Å². The minimum atomic E-state index is 1.08. The summed E-state index contributed by atoms with van der Waals surface area (Å²) in [6, 6.07) is 6.47. The van der Waals surface area contributed by atoms with E-state index in [-0.39, 0.29) is 0 Å². The number of rotatable bonds is 0. The number of benzene rings is 1. The van der Waals surface area contributed by atoms with E-state index in [1.165, 1.54) is 28.6 Å². The molecule has 1 aromatic carbocycles. The zero-order valence-electron chi connectivity index (χ0n) is 11.2. The quantitative estimate of drug-likeness (QED) is 0.679. The van der Waals surface area contributed by atoms with Crippen molar-refractivity contribution < 1.29 is 0 Å². The van der Waals surface area contributed by atoms with Gasteiger partial charge in [0, 0.05) is 17.6 Å². The maximum atomic E-state index is 3.58. The minimum absolute atomic E-state index is 1.08. The van der Waals surface area contributed by atoms with Gasteiger partial charge in [0.2, 0.25) is 0 Å². The molecule has 0 aliphatic carbocycles. The third-order valence-electron chi connectivity index (χ3n) is 2.41. The molecule has 1 nitrogen and oxygen atoms in total. The fraction of sp³-hybridized carbons (Fsp3) is 0.571. The van der Waals surface area contributed by atoms with Crippen LogP contribution in [0.4, 0.5) is 0 Å². The van der Waals surface area contributed by atoms with E-state index in [2.05, 4.69) is 46.1 Å². The molecule has 0 spiro atoms. The molecule has 16 heavy (non-hydrogen) atoms. The highest BCUT2D eigenvalue weighted by atomic mass is 79.9. The van der Waals surface area contributed by atoms with Crippen molar-refractivity contribution in [2.45, 2.75) is 40.7 Å². The molecule has 0 unspecified atom stereocenters. The van der Waals surface area contributed by atoms with Crippen LogP contribution in [0.5, 0.6) is 0 Å². The Morgan fingerprint density at radius 1 is 1.12 bits per heavy atom. The van der Waals surface area contributed by atoms with Crippen molar-refractivity contribution in [3.8, 4) is 0 Å². The molecule has 1 aromatic rings. The van der Waals surface area contributed by atoms with Crippen LogP contribution in [0.1, 0.15) is 38.8 Å². The monoisotopic (exact) mass is 285 g/mol. The first kappa shape index (κ1) is 15.7. The highest BCUT2D eigenvalue weighted by molar-refractivity contribution is 9.10. The zero-order chi connectivity index (χ0) is 12.6. The van der Waals surface area contributed by atoms with E-state index in [1.54, 1.807) is 0 Å². The lowest BCUT2D eigenvalue weighted by atomic mass is 10.0. The van der Waals surface area contributed by atoms with Gasteiger partial charge in [0.1, 0.15) is 0 Å². The van der Waals surface area contributed by atoms with E-state index in [1.807, 2.05) is 27.7 Å². The van der Waals surface area contributed by atoms with Crippen LogP contribution in [0.3, 0.4) is 0 Å². The molecule has 0 saturated carbocycles. The largest absolute Gasteiger partial charge is 0.302 e. The molecular formula is C14H24BrN. The SMILES string of the molecule is CC.CC.CN1CCc2cccc(Br)c2C1. The van der Waals surface area contributed by atoms with Crippen molar-refractivity contribution in [1.82, 2.24) is 4.90 Å². The van der Waals surface area contributed by atoms with E-state index in [0.717, 1.165) is 6.54 Å². The summed E-state index contributed by atoms with van der Waals surface area (Å²) in [6.45, 7) is 10.3. The van der Waals surface area contributed by atoms with Crippen molar-refractivity contribution in [2.75, 3.05) is 13.6 Å². The Labute approximate surface area is 109 Å². The van der Waals surface area contributed by atoms with Gasteiger partial charge >= 0.3 is 0 Å². The highest BCUT2D eigenvalue weighted by Gasteiger charge is 2.14. The smallest absolute Gasteiger partial charge is 0.0244 e. The Morgan fingerprint density at radius 3 is 2.38 bits per heavy atom. The van der Waals surface area contributed by atoms with Crippen LogP contribution >= 0.6 is 15.9 Å². The highest BCUT2D eigenvalue weighted by Crippen LogP contribution is 2.25. The predicted molar refractivity (Wildman–Crippen MR) is 76.9 cm³/mol. The number of nitrogens with zero attached hydrogens (tertiary/aromatic N) is 1. The molecule has 0 amide bonds.